The fourth-order valence-corrected chi connectivity index (χ4v) is 2.28. The lowest BCUT2D eigenvalue weighted by atomic mass is 10.1. The molecular weight excluding hydrogens is 256 g/mol. The maximum Gasteiger partial charge on any atom is 0.0718 e. The molecule has 0 aliphatic heterocycles. The van der Waals surface area contributed by atoms with Gasteiger partial charge in [0.25, 0.3) is 0 Å². The molecule has 1 heteroatoms. The van der Waals surface area contributed by atoms with Crippen LogP contribution in [0.5, 0.6) is 0 Å². The van der Waals surface area contributed by atoms with Crippen molar-refractivity contribution in [2.24, 2.45) is 0 Å². The minimum Gasteiger partial charge on any atom is -0.389 e. The van der Waals surface area contributed by atoms with Crippen molar-refractivity contribution in [3.8, 4) is 0 Å². The normalized spacial score (nSPS) is 13.2. The first-order valence-corrected chi connectivity index (χ1v) is 8.91. The van der Waals surface area contributed by atoms with Crippen LogP contribution in [0.3, 0.4) is 0 Å². The molecule has 0 radical (unpaired) electrons. The number of hydrogen-bond donors (Lipinski definition) is 1. The van der Waals surface area contributed by atoms with Gasteiger partial charge in [-0.3, -0.25) is 0 Å². The maximum atomic E-state index is 9.33. The van der Waals surface area contributed by atoms with Gasteiger partial charge in [0.2, 0.25) is 0 Å². The second kappa shape index (κ2) is 17.2. The molecule has 0 amide bonds. The highest BCUT2D eigenvalue weighted by Crippen LogP contribution is 2.09. The number of aliphatic hydroxyl groups excluding tert-OH is 1. The van der Waals surface area contributed by atoms with Gasteiger partial charge >= 0.3 is 0 Å². The van der Waals surface area contributed by atoms with Gasteiger partial charge in [-0.25, -0.2) is 0 Å². The van der Waals surface area contributed by atoms with Crippen molar-refractivity contribution < 1.29 is 5.11 Å². The number of aliphatic hydroxyl groups is 1. The van der Waals surface area contributed by atoms with Gasteiger partial charge < -0.3 is 5.11 Å². The summed E-state index contributed by atoms with van der Waals surface area (Å²) >= 11 is 0. The van der Waals surface area contributed by atoms with Crippen LogP contribution >= 0.6 is 0 Å². The second-order valence-electron chi connectivity index (χ2n) is 5.82. The Balaban J connectivity index is 3.20. The van der Waals surface area contributed by atoms with Gasteiger partial charge in [0.1, 0.15) is 0 Å². The summed E-state index contributed by atoms with van der Waals surface area (Å²) < 4.78 is 0. The zero-order chi connectivity index (χ0) is 15.6. The number of rotatable bonds is 15. The van der Waals surface area contributed by atoms with Gasteiger partial charge in [0, 0.05) is 0 Å². The highest BCUT2D eigenvalue weighted by molar-refractivity contribution is 4.92. The van der Waals surface area contributed by atoms with E-state index in [1.807, 2.05) is 0 Å². The third kappa shape index (κ3) is 17.1. The summed E-state index contributed by atoms with van der Waals surface area (Å²) in [6, 6.07) is 0. The Kier molecular flexibility index (Phi) is 16.6. The molecule has 122 valence electrons. The van der Waals surface area contributed by atoms with Crippen molar-refractivity contribution >= 4 is 0 Å². The molecule has 1 nitrogen and oxygen atoms in total. The highest BCUT2D eigenvalue weighted by Gasteiger charge is 1.96. The Hall–Kier alpha value is -0.820. The van der Waals surface area contributed by atoms with Gasteiger partial charge in [-0.2, -0.15) is 0 Å². The lowest BCUT2D eigenvalue weighted by Crippen LogP contribution is -2.00. The summed E-state index contributed by atoms with van der Waals surface area (Å²) in [6.07, 6.45) is 25.2. The summed E-state index contributed by atoms with van der Waals surface area (Å²) in [5.41, 5.74) is 0. The van der Waals surface area contributed by atoms with Crippen LogP contribution in [0.4, 0.5) is 0 Å². The Bertz CT molecular complexity index is 265. The van der Waals surface area contributed by atoms with E-state index in [-0.39, 0.29) is 6.10 Å². The van der Waals surface area contributed by atoms with Gasteiger partial charge in [-0.15, -0.1) is 6.58 Å². The van der Waals surface area contributed by atoms with Crippen molar-refractivity contribution in [2.75, 3.05) is 0 Å². The molecule has 1 N–H and O–H groups in total. The van der Waals surface area contributed by atoms with E-state index in [1.54, 1.807) is 6.08 Å². The molecule has 0 heterocycles. The smallest absolute Gasteiger partial charge is 0.0718 e. The summed E-state index contributed by atoms with van der Waals surface area (Å²) in [7, 11) is 0. The molecule has 1 unspecified atom stereocenters. The summed E-state index contributed by atoms with van der Waals surface area (Å²) in [5.74, 6) is 0. The van der Waals surface area contributed by atoms with Crippen LogP contribution in [0.1, 0.15) is 84.0 Å². The molecule has 0 aromatic carbocycles. The van der Waals surface area contributed by atoms with E-state index >= 15 is 0 Å². The fourth-order valence-electron chi connectivity index (χ4n) is 2.28. The Morgan fingerprint density at radius 3 is 2.00 bits per heavy atom. The quantitative estimate of drug-likeness (QED) is 0.275. The molecule has 0 bridgehead atoms. The first kappa shape index (κ1) is 20.2. The molecule has 21 heavy (non-hydrogen) atoms. The number of hydrogen-bond acceptors (Lipinski definition) is 1. The van der Waals surface area contributed by atoms with E-state index in [0.29, 0.717) is 0 Å². The van der Waals surface area contributed by atoms with E-state index < -0.39 is 0 Å². The zero-order valence-electron chi connectivity index (χ0n) is 14.1. The standard InChI is InChI=1S/C20H36O/c1-3-5-6-7-8-9-10-11-12-13-14-15-16-17-18-19-20(21)4-2/h4,8-9,11-12,20-21H,2-3,5-7,10,13-19H2,1H3/b9-8-,12-11-. The largest absolute Gasteiger partial charge is 0.389 e. The van der Waals surface area contributed by atoms with Crippen LogP contribution in [-0.2, 0) is 0 Å². The molecule has 0 saturated heterocycles. The van der Waals surface area contributed by atoms with E-state index in [4.69, 9.17) is 0 Å². The molecule has 0 saturated carbocycles. The first-order chi connectivity index (χ1) is 10.3. The van der Waals surface area contributed by atoms with Crippen LogP contribution in [0.25, 0.3) is 0 Å². The third-order valence-corrected chi connectivity index (χ3v) is 3.72. The van der Waals surface area contributed by atoms with Crippen molar-refractivity contribution in [1.82, 2.24) is 0 Å². The predicted molar refractivity (Wildman–Crippen MR) is 95.6 cm³/mol. The summed E-state index contributed by atoms with van der Waals surface area (Å²) in [6.45, 7) is 5.83. The van der Waals surface area contributed by atoms with Gasteiger partial charge in [0.05, 0.1) is 6.10 Å². The van der Waals surface area contributed by atoms with Crippen molar-refractivity contribution in [3.63, 3.8) is 0 Å². The molecule has 0 fully saturated rings. The summed E-state index contributed by atoms with van der Waals surface area (Å²) in [4.78, 5) is 0. The first-order valence-electron chi connectivity index (χ1n) is 8.91. The van der Waals surface area contributed by atoms with Crippen molar-refractivity contribution in [1.29, 1.82) is 0 Å². The third-order valence-electron chi connectivity index (χ3n) is 3.72. The van der Waals surface area contributed by atoms with Crippen LogP contribution in [-0.4, -0.2) is 11.2 Å². The number of unbranched alkanes of at least 4 members (excludes halogenated alkanes) is 8. The molecule has 0 spiro atoms. The van der Waals surface area contributed by atoms with Crippen LogP contribution in [0, 0.1) is 0 Å². The van der Waals surface area contributed by atoms with Crippen LogP contribution in [0.2, 0.25) is 0 Å². The molecule has 1 atom stereocenters. The highest BCUT2D eigenvalue weighted by atomic mass is 16.3. The van der Waals surface area contributed by atoms with Crippen LogP contribution < -0.4 is 0 Å². The average Bonchev–Trinajstić information content (AvgIpc) is 2.50. The molecule has 0 aliphatic rings. The SMILES string of the molecule is C=CC(O)CCCCCCC/C=C\C/C=C\CCCCC. The summed E-state index contributed by atoms with van der Waals surface area (Å²) in [5, 5.41) is 9.33. The fraction of sp³-hybridized carbons (Fsp3) is 0.700. The second-order valence-corrected chi connectivity index (χ2v) is 5.82. The Morgan fingerprint density at radius 1 is 0.810 bits per heavy atom. The lowest BCUT2D eigenvalue weighted by Gasteiger charge is -2.04. The maximum absolute atomic E-state index is 9.33. The molecule has 0 aromatic heterocycles. The Labute approximate surface area is 132 Å². The van der Waals surface area contributed by atoms with E-state index in [1.165, 1.54) is 57.8 Å². The molecule has 0 rings (SSSR count). The minimum atomic E-state index is -0.303. The van der Waals surface area contributed by atoms with Gasteiger partial charge in [-0.05, 0) is 38.5 Å². The van der Waals surface area contributed by atoms with E-state index in [0.717, 1.165) is 19.3 Å². The molecular formula is C20H36O. The van der Waals surface area contributed by atoms with E-state index in [9.17, 15) is 5.11 Å². The van der Waals surface area contributed by atoms with Gasteiger partial charge in [0.15, 0.2) is 0 Å². The van der Waals surface area contributed by atoms with Crippen molar-refractivity contribution in [3.05, 3.63) is 37.0 Å². The average molecular weight is 293 g/mol. The van der Waals surface area contributed by atoms with E-state index in [2.05, 4.69) is 37.8 Å². The monoisotopic (exact) mass is 292 g/mol. The van der Waals surface area contributed by atoms with Gasteiger partial charge in [-0.1, -0.05) is 75.8 Å². The molecule has 0 aliphatic carbocycles. The van der Waals surface area contributed by atoms with Crippen LogP contribution in [0.15, 0.2) is 37.0 Å². The lowest BCUT2D eigenvalue weighted by molar-refractivity contribution is 0.208. The predicted octanol–water partition coefficient (Wildman–Crippen LogP) is 6.35. The molecule has 0 aromatic rings. The topological polar surface area (TPSA) is 20.2 Å². The Morgan fingerprint density at radius 2 is 1.38 bits per heavy atom. The van der Waals surface area contributed by atoms with Crippen molar-refractivity contribution in [2.45, 2.75) is 90.1 Å². The minimum absolute atomic E-state index is 0.303. The zero-order valence-corrected chi connectivity index (χ0v) is 14.1. The number of allylic oxidation sites excluding steroid dienone is 4.